The average molecular weight is 454 g/mol. The van der Waals surface area contributed by atoms with Gasteiger partial charge in [-0.2, -0.15) is 0 Å². The molecule has 5 rings (SSSR count). The minimum Gasteiger partial charge on any atom is -0.309 e. The predicted octanol–water partition coefficient (Wildman–Crippen LogP) is 5.41. The van der Waals surface area contributed by atoms with Crippen LogP contribution in [0.3, 0.4) is 0 Å². The Kier molecular flexibility index (Phi) is 7.33. The van der Waals surface area contributed by atoms with Gasteiger partial charge in [0.05, 0.1) is 24.0 Å². The van der Waals surface area contributed by atoms with Crippen LogP contribution in [0.15, 0.2) is 53.5 Å². The van der Waals surface area contributed by atoms with Gasteiger partial charge >= 0.3 is 0 Å². The number of nitrogens with zero attached hydrogens (tertiary/aromatic N) is 4. The lowest BCUT2D eigenvalue weighted by atomic mass is 10.1. The highest BCUT2D eigenvalue weighted by molar-refractivity contribution is 6.30. The predicted molar refractivity (Wildman–Crippen MR) is 128 cm³/mol. The smallest absolute Gasteiger partial charge is 0.206 e. The Morgan fingerprint density at radius 3 is 2.28 bits per heavy atom. The van der Waals surface area contributed by atoms with Crippen molar-refractivity contribution in [3.05, 3.63) is 59.1 Å². The Bertz CT molecular complexity index is 849. The summed E-state index contributed by atoms with van der Waals surface area (Å²) in [6, 6.07) is 17.0. The van der Waals surface area contributed by atoms with E-state index in [1.54, 1.807) is 0 Å². The molecule has 3 aliphatic rings. The van der Waals surface area contributed by atoms with Crippen molar-refractivity contribution in [3.8, 4) is 0 Å². The van der Waals surface area contributed by atoms with Gasteiger partial charge in [0.2, 0.25) is 5.96 Å². The quantitative estimate of drug-likeness (QED) is 0.618. The van der Waals surface area contributed by atoms with E-state index in [1.165, 1.54) is 49.3 Å². The second-order valence-corrected chi connectivity index (χ2v) is 8.09. The first kappa shape index (κ1) is 22.2. The van der Waals surface area contributed by atoms with E-state index in [2.05, 4.69) is 51.1 Å². The summed E-state index contributed by atoms with van der Waals surface area (Å²) < 4.78 is 0. The monoisotopic (exact) mass is 452 g/mol. The molecule has 0 radical (unpaired) electrons. The zero-order valence-electron chi connectivity index (χ0n) is 16.3. The number of fused-ring (bicyclic) bond motifs is 3. The van der Waals surface area contributed by atoms with Gasteiger partial charge in [-0.25, -0.2) is 4.99 Å². The van der Waals surface area contributed by atoms with E-state index in [9.17, 15) is 0 Å². The van der Waals surface area contributed by atoms with Crippen molar-refractivity contribution in [2.75, 3.05) is 42.5 Å². The lowest BCUT2D eigenvalue weighted by Crippen LogP contribution is -2.42. The van der Waals surface area contributed by atoms with Gasteiger partial charge in [0.1, 0.15) is 0 Å². The van der Waals surface area contributed by atoms with Gasteiger partial charge in [0.25, 0.3) is 0 Å². The topological polar surface area (TPSA) is 22.1 Å². The van der Waals surface area contributed by atoms with Crippen molar-refractivity contribution in [2.24, 2.45) is 4.99 Å². The van der Waals surface area contributed by atoms with E-state index < -0.39 is 0 Å². The van der Waals surface area contributed by atoms with Crippen LogP contribution in [0.5, 0.6) is 0 Å². The summed E-state index contributed by atoms with van der Waals surface area (Å²) in [6.45, 7) is 5.47. The number of aliphatic imine (C=N–C) groups is 1. The number of likely N-dealkylation sites (tertiary alicyclic amines) is 1. The highest BCUT2D eigenvalue weighted by Crippen LogP contribution is 2.42. The summed E-state index contributed by atoms with van der Waals surface area (Å²) in [5.41, 5.74) is 3.81. The lowest BCUT2D eigenvalue weighted by Gasteiger charge is -2.29. The maximum Gasteiger partial charge on any atom is 0.206 e. The van der Waals surface area contributed by atoms with Crippen LogP contribution in [0.2, 0.25) is 5.02 Å². The van der Waals surface area contributed by atoms with E-state index >= 15 is 0 Å². The Hall–Kier alpha value is -1.46. The zero-order chi connectivity index (χ0) is 18.2. The molecule has 2 aromatic carbocycles. The molecular formula is C22H27Cl3N4. The molecule has 0 saturated carbocycles. The normalized spacial score (nSPS) is 20.4. The fourth-order valence-electron chi connectivity index (χ4n) is 4.46. The minimum atomic E-state index is 0. The lowest BCUT2D eigenvalue weighted by molar-refractivity contribution is 0.235. The summed E-state index contributed by atoms with van der Waals surface area (Å²) in [6.07, 6.45) is 4.05. The molecule has 29 heavy (non-hydrogen) atoms. The summed E-state index contributed by atoms with van der Waals surface area (Å²) in [5.74, 6) is 1.10. The molecule has 4 nitrogen and oxygen atoms in total. The second-order valence-electron chi connectivity index (χ2n) is 7.65. The van der Waals surface area contributed by atoms with Gasteiger partial charge in [0, 0.05) is 18.1 Å². The molecule has 1 atom stereocenters. The maximum atomic E-state index is 6.06. The second kappa shape index (κ2) is 9.57. The number of halogens is 3. The zero-order valence-corrected chi connectivity index (χ0v) is 18.7. The molecular weight excluding hydrogens is 427 g/mol. The van der Waals surface area contributed by atoms with Crippen LogP contribution in [-0.4, -0.2) is 43.6 Å². The third-order valence-electron chi connectivity index (χ3n) is 5.92. The number of rotatable bonds is 4. The van der Waals surface area contributed by atoms with E-state index in [0.29, 0.717) is 0 Å². The maximum absolute atomic E-state index is 6.06. The Labute approximate surface area is 190 Å². The van der Waals surface area contributed by atoms with Gasteiger partial charge in [-0.05, 0) is 55.8 Å². The molecule has 0 N–H and O–H groups in total. The highest BCUT2D eigenvalue weighted by atomic mass is 35.5. The molecule has 2 aromatic rings. The van der Waals surface area contributed by atoms with Crippen molar-refractivity contribution in [1.29, 1.82) is 0 Å². The third-order valence-corrected chi connectivity index (χ3v) is 6.17. The van der Waals surface area contributed by atoms with Gasteiger partial charge in [-0.1, -0.05) is 42.3 Å². The van der Waals surface area contributed by atoms with Crippen molar-refractivity contribution < 1.29 is 0 Å². The van der Waals surface area contributed by atoms with Gasteiger partial charge < -0.3 is 14.7 Å². The van der Waals surface area contributed by atoms with Crippen molar-refractivity contribution in [2.45, 2.75) is 25.3 Å². The van der Waals surface area contributed by atoms with Crippen molar-refractivity contribution in [3.63, 3.8) is 0 Å². The number of hydrogen-bond acceptors (Lipinski definition) is 4. The van der Waals surface area contributed by atoms with Crippen LogP contribution in [0.25, 0.3) is 0 Å². The van der Waals surface area contributed by atoms with Gasteiger partial charge in [0.15, 0.2) is 0 Å². The fourth-order valence-corrected chi connectivity index (χ4v) is 4.59. The SMILES string of the molecule is Cl.Cl.Clc1ccc(C2CN3C(=N2)N(CCN2CCCCC2)c2ccccc23)cc1. The first-order chi connectivity index (χ1) is 13.3. The first-order valence-electron chi connectivity index (χ1n) is 9.99. The molecule has 0 amide bonds. The van der Waals surface area contributed by atoms with E-state index in [0.717, 1.165) is 30.6 Å². The van der Waals surface area contributed by atoms with Crippen molar-refractivity contribution >= 4 is 53.7 Å². The largest absolute Gasteiger partial charge is 0.309 e. The van der Waals surface area contributed by atoms with Crippen LogP contribution in [0.1, 0.15) is 30.9 Å². The van der Waals surface area contributed by atoms with Crippen LogP contribution >= 0.6 is 36.4 Å². The Morgan fingerprint density at radius 2 is 1.55 bits per heavy atom. The standard InChI is InChI=1S/C22H25ClN4.2ClH/c23-18-10-8-17(9-11-18)19-16-27-21-7-3-2-6-20(21)26(22(27)24-19)15-14-25-12-4-1-5-13-25;;/h2-3,6-11,19H,1,4-5,12-16H2;2*1H. The fraction of sp³-hybridized carbons (Fsp3) is 0.409. The molecule has 3 heterocycles. The molecule has 3 aliphatic heterocycles. The number of guanidine groups is 1. The van der Waals surface area contributed by atoms with E-state index in [1.807, 2.05) is 12.1 Å². The number of hydrogen-bond donors (Lipinski definition) is 0. The molecule has 7 heteroatoms. The molecule has 1 fully saturated rings. The average Bonchev–Trinajstić information content (AvgIpc) is 3.26. The number of piperidine rings is 1. The third kappa shape index (κ3) is 4.36. The molecule has 1 unspecified atom stereocenters. The highest BCUT2D eigenvalue weighted by Gasteiger charge is 2.38. The number of benzene rings is 2. The van der Waals surface area contributed by atoms with Crippen LogP contribution in [0, 0.1) is 0 Å². The number of para-hydroxylation sites is 2. The molecule has 1 saturated heterocycles. The van der Waals surface area contributed by atoms with Crippen LogP contribution in [0.4, 0.5) is 11.4 Å². The summed E-state index contributed by atoms with van der Waals surface area (Å²) in [7, 11) is 0. The molecule has 0 spiro atoms. The summed E-state index contributed by atoms with van der Waals surface area (Å²) in [4.78, 5) is 12.5. The van der Waals surface area contributed by atoms with Gasteiger partial charge in [-0.15, -0.1) is 24.8 Å². The summed E-state index contributed by atoms with van der Waals surface area (Å²) >= 11 is 6.06. The summed E-state index contributed by atoms with van der Waals surface area (Å²) in [5, 5.41) is 0.776. The number of anilines is 2. The first-order valence-corrected chi connectivity index (χ1v) is 10.4. The molecule has 0 bridgehead atoms. The Morgan fingerprint density at radius 1 is 0.862 bits per heavy atom. The van der Waals surface area contributed by atoms with E-state index in [-0.39, 0.29) is 30.9 Å². The van der Waals surface area contributed by atoms with Crippen molar-refractivity contribution in [1.82, 2.24) is 4.90 Å². The molecule has 0 aliphatic carbocycles. The molecule has 156 valence electrons. The van der Waals surface area contributed by atoms with Crippen LogP contribution in [-0.2, 0) is 0 Å². The van der Waals surface area contributed by atoms with Gasteiger partial charge in [-0.3, -0.25) is 0 Å². The molecule has 0 aromatic heterocycles. The van der Waals surface area contributed by atoms with Crippen LogP contribution < -0.4 is 9.80 Å². The Balaban J connectivity index is 0.00000120. The van der Waals surface area contributed by atoms with E-state index in [4.69, 9.17) is 16.6 Å². The minimum absolute atomic E-state index is 0.